The van der Waals surface area contributed by atoms with E-state index in [0.717, 1.165) is 0 Å². The van der Waals surface area contributed by atoms with E-state index < -0.39 is 117 Å². The van der Waals surface area contributed by atoms with Crippen LogP contribution in [0.4, 0.5) is 4.79 Å². The van der Waals surface area contributed by atoms with Crippen molar-refractivity contribution < 1.29 is 41.1 Å². The van der Waals surface area contributed by atoms with Gasteiger partial charge in [0, 0.05) is 54.5 Å². The number of rotatable bonds is 2. The number of ether oxygens (including phenoxy) is 1. The molecule has 3 heterocycles. The van der Waals surface area contributed by atoms with Crippen LogP contribution in [0.1, 0.15) is 76.9 Å². The number of aromatic nitrogens is 2. The number of hydrogen-bond donors (Lipinski definition) is 0. The Morgan fingerprint density at radius 1 is 1.65 bits per heavy atom. The van der Waals surface area contributed by atoms with Crippen molar-refractivity contribution in [3.63, 3.8) is 0 Å². The van der Waals surface area contributed by atoms with Gasteiger partial charge in [-0.2, -0.15) is 0 Å². The second-order valence-electron chi connectivity index (χ2n) is 4.21. The molecule has 5 heteroatoms. The number of piperidine rings is 1. The van der Waals surface area contributed by atoms with E-state index in [-0.39, 0.29) is 0 Å². The van der Waals surface area contributed by atoms with Gasteiger partial charge in [-0.1, -0.05) is 6.04 Å². The Kier molecular flexibility index (Phi) is 1.07. The van der Waals surface area contributed by atoms with Gasteiger partial charge in [-0.05, 0) is 51.8 Å². The number of hydrogen-bond acceptors (Lipinski definition) is 3. The average Bonchev–Trinajstić information content (AvgIpc) is 3.24. The monoisotopic (exact) mass is 338 g/mol. The molecule has 5 nitrogen and oxygen atoms in total. The number of imidazole rings is 1. The highest BCUT2D eigenvalue weighted by molar-refractivity contribution is 5.68. The van der Waals surface area contributed by atoms with E-state index in [4.69, 9.17) is 31.5 Å². The van der Waals surface area contributed by atoms with Gasteiger partial charge >= 0.3 is 6.09 Å². The van der Waals surface area contributed by atoms with E-state index in [2.05, 4.69) is 9.72 Å². The number of pyridine rings is 1. The molecule has 124 valence electrons. The first-order valence-electron chi connectivity index (χ1n) is 17.7. The lowest BCUT2D eigenvalue weighted by Gasteiger charge is -2.36. The van der Waals surface area contributed by atoms with Crippen LogP contribution in [0.15, 0.2) is 30.5 Å². The zero-order chi connectivity index (χ0) is 36.4. The minimum absolute atomic E-state index is 0.303. The third-order valence-corrected chi connectivity index (χ3v) is 2.37. The van der Waals surface area contributed by atoms with Crippen LogP contribution in [-0.4, -0.2) is 38.5 Å². The van der Waals surface area contributed by atoms with E-state index in [0.29, 0.717) is 4.40 Å². The highest BCUT2D eigenvalue weighted by atomic mass is 16.6. The fraction of sp³-hybridized carbons (Fsp3) is 0.556. The van der Waals surface area contributed by atoms with Crippen molar-refractivity contribution in [2.45, 2.75) is 57.7 Å². The van der Waals surface area contributed by atoms with Gasteiger partial charge in [0.1, 0.15) is 11.2 Å². The van der Waals surface area contributed by atoms with E-state index >= 15 is 0 Å². The summed E-state index contributed by atoms with van der Waals surface area (Å²) < 4.78 is 192. The van der Waals surface area contributed by atoms with Gasteiger partial charge in [-0.25, -0.2) is 9.78 Å². The van der Waals surface area contributed by atoms with Gasteiger partial charge in [-0.15, -0.1) is 0 Å². The van der Waals surface area contributed by atoms with Gasteiger partial charge in [-0.3, -0.25) is 0 Å². The lowest BCUT2D eigenvalue weighted by atomic mass is 9.98. The maximum Gasteiger partial charge on any atom is 0.410 e. The van der Waals surface area contributed by atoms with Crippen LogP contribution < -0.4 is 0 Å². The highest BCUT2D eigenvalue weighted by Gasteiger charge is 2.30. The molecule has 2 aromatic heterocycles. The zero-order valence-corrected chi connectivity index (χ0v) is 11.4. The van der Waals surface area contributed by atoms with Crippen molar-refractivity contribution >= 4 is 11.7 Å². The van der Waals surface area contributed by atoms with Gasteiger partial charge in [0.2, 0.25) is 0 Å². The molecule has 3 rings (SSSR count). The van der Waals surface area contributed by atoms with Gasteiger partial charge in [0.15, 0.2) is 0 Å². The molecule has 1 aliphatic heterocycles. The predicted molar refractivity (Wildman–Crippen MR) is 89.5 cm³/mol. The summed E-state index contributed by atoms with van der Waals surface area (Å²) in [5.74, 6) is 0. The molecule has 0 unspecified atom stereocenters. The van der Waals surface area contributed by atoms with Crippen molar-refractivity contribution in [1.82, 2.24) is 14.3 Å². The maximum absolute atomic E-state index is 13.8. The van der Waals surface area contributed by atoms with E-state index in [1.165, 1.54) is 0 Å². The Balaban J connectivity index is 2.53. The molecule has 1 amide bonds. The summed E-state index contributed by atoms with van der Waals surface area (Å²) in [6, 6.07) is -7.43. The molecule has 0 saturated carbocycles. The van der Waals surface area contributed by atoms with E-state index in [1.54, 1.807) is 0 Å². The first kappa shape index (κ1) is 3.95. The predicted octanol–water partition coefficient (Wildman–Crippen LogP) is 3.67. The van der Waals surface area contributed by atoms with Crippen LogP contribution in [-0.2, 0) is 11.1 Å². The third kappa shape index (κ3) is 3.84. The summed E-state index contributed by atoms with van der Waals surface area (Å²) in [7, 11) is 0. The SMILES string of the molecule is [2H]CC(OC(=O)N1C([2H])([2H])C([2H])([2H])C([2H])([2H])C([2H])([2H])[C@@]1([2H])C([2H])([2H])c1nc2c([2H])c([2H])c([2H])c([2H])n2c1[2H])(C([2H])([2H])[2H])C([2H])([2H])[2H]. The Morgan fingerprint density at radius 3 is 3.39 bits per heavy atom. The Labute approximate surface area is 169 Å². The van der Waals surface area contributed by atoms with Crippen LogP contribution >= 0.6 is 0 Å². The van der Waals surface area contributed by atoms with Crippen LogP contribution in [0.3, 0.4) is 0 Å². The molecule has 0 aliphatic carbocycles. The molecule has 1 saturated heterocycles. The molecule has 2 aromatic rings. The Bertz CT molecular complexity index is 1560. The molecule has 0 bridgehead atoms. The normalized spacial score (nSPS) is 47.3. The Morgan fingerprint density at radius 2 is 2.57 bits per heavy atom. The summed E-state index contributed by atoms with van der Waals surface area (Å²) >= 11 is 0. The van der Waals surface area contributed by atoms with Crippen molar-refractivity contribution in [2.24, 2.45) is 0 Å². The first-order chi connectivity index (χ1) is 20.2. The number of likely N-dealkylation sites (tertiary alicyclic amines) is 1. The van der Waals surface area contributed by atoms with Crippen LogP contribution in [0.5, 0.6) is 0 Å². The third-order valence-electron chi connectivity index (χ3n) is 2.37. The van der Waals surface area contributed by atoms with Crippen molar-refractivity contribution in [3.8, 4) is 0 Å². The summed E-state index contributed by atoms with van der Waals surface area (Å²) in [4.78, 5) is 16.4. The largest absolute Gasteiger partial charge is 0.444 e. The quantitative estimate of drug-likeness (QED) is 0.839. The summed E-state index contributed by atoms with van der Waals surface area (Å²) in [5.41, 5.74) is -6.26. The zero-order valence-electron chi connectivity index (χ0n) is 34.4. The van der Waals surface area contributed by atoms with Crippen molar-refractivity contribution in [1.29, 1.82) is 0 Å². The van der Waals surface area contributed by atoms with Gasteiger partial charge in [0.25, 0.3) is 0 Å². The number of carbonyl (C=O) groups is 1. The second-order valence-corrected chi connectivity index (χ2v) is 4.21. The van der Waals surface area contributed by atoms with Crippen LogP contribution in [0.2, 0.25) is 0 Å². The highest BCUT2D eigenvalue weighted by Crippen LogP contribution is 2.23. The minimum Gasteiger partial charge on any atom is -0.444 e. The van der Waals surface area contributed by atoms with Gasteiger partial charge in [0.05, 0.1) is 13.9 Å². The molecule has 1 atom stereocenters. The molecular weight excluding hydrogens is 290 g/mol. The summed E-state index contributed by atoms with van der Waals surface area (Å²) in [5, 5.41) is 0. The Hall–Kier alpha value is -2.04. The average molecular weight is 339 g/mol. The van der Waals surface area contributed by atoms with Crippen molar-refractivity contribution in [3.05, 3.63) is 36.2 Å². The fourth-order valence-corrected chi connectivity index (χ4v) is 1.55. The van der Waals surface area contributed by atoms with Gasteiger partial charge < -0.3 is 14.0 Å². The van der Waals surface area contributed by atoms with Crippen LogP contribution in [0.25, 0.3) is 5.65 Å². The lowest BCUT2D eigenvalue weighted by molar-refractivity contribution is 0.00986. The van der Waals surface area contributed by atoms with Crippen molar-refractivity contribution in [2.75, 3.05) is 6.50 Å². The number of amides is 1. The standard InChI is InChI=1S/C18H25N3O2/c1-18(2,3)23-17(22)21-11-7-4-8-15(21)12-14-13-20-10-6-5-9-16(20)19-14/h5-6,9-10,13,15H,4,7-8,11-12H2,1-3H3/t15-/m0/s1/i1D,2D3,3D3,4D2,5D,6D,7D2,8D2,9D,10D,11D2,12D2,13D,15D. The summed E-state index contributed by atoms with van der Waals surface area (Å²) in [6.07, 6.45) is -22.3. The number of fused-ring (bicyclic) bond motifs is 1. The summed E-state index contributed by atoms with van der Waals surface area (Å²) in [6.45, 7) is -14.1. The number of carbonyl (C=O) groups excluding carboxylic acids is 1. The molecule has 0 radical (unpaired) electrons. The molecule has 0 aromatic carbocycles. The fourth-order valence-electron chi connectivity index (χ4n) is 1.55. The topological polar surface area (TPSA) is 46.8 Å². The minimum atomic E-state index is -4.56. The van der Waals surface area contributed by atoms with E-state index in [1.807, 2.05) is 0 Å². The van der Waals surface area contributed by atoms with Crippen LogP contribution in [0, 0.1) is 0 Å². The number of nitrogens with zero attached hydrogens (tertiary/aromatic N) is 3. The molecule has 1 fully saturated rings. The lowest BCUT2D eigenvalue weighted by Crippen LogP contribution is -2.47. The molecular formula is C18H25N3O2. The first-order valence-corrected chi connectivity index (χ1v) is 6.00. The smallest absolute Gasteiger partial charge is 0.410 e. The molecule has 0 N–H and O–H groups in total. The molecule has 1 aliphatic rings. The van der Waals surface area contributed by atoms with E-state index in [9.17, 15) is 4.79 Å². The maximum atomic E-state index is 13.8. The second kappa shape index (κ2) is 6.22. The molecule has 0 spiro atoms. The molecule has 23 heavy (non-hydrogen) atoms.